The molecule has 0 heterocycles. The molecule has 0 amide bonds. The van der Waals surface area contributed by atoms with Crippen LogP contribution in [0, 0.1) is 5.92 Å². The van der Waals surface area contributed by atoms with Crippen molar-refractivity contribution >= 4 is 19.7 Å². The lowest BCUT2D eigenvalue weighted by Crippen LogP contribution is -2.19. The molecule has 0 N–H and O–H groups in total. The zero-order chi connectivity index (χ0) is 11.9. The van der Waals surface area contributed by atoms with Crippen molar-refractivity contribution in [3.05, 3.63) is 0 Å². The first-order valence-corrected chi connectivity index (χ1v) is 7.42. The van der Waals surface area contributed by atoms with Crippen molar-refractivity contribution in [2.75, 3.05) is 25.6 Å². The zero-order valence-electron chi connectivity index (χ0n) is 9.40. The molecule has 15 heavy (non-hydrogen) atoms. The van der Waals surface area contributed by atoms with E-state index in [1.54, 1.807) is 0 Å². The Kier molecular flexibility index (Phi) is 7.52. The van der Waals surface area contributed by atoms with Crippen LogP contribution in [-0.4, -0.2) is 40.1 Å². The molecule has 0 saturated heterocycles. The van der Waals surface area contributed by atoms with Crippen LogP contribution in [0.5, 0.6) is 0 Å². The SMILES string of the molecule is CC(C)C(C)OCCOCCS(=O)(=O)Cl. The fourth-order valence-electron chi connectivity index (χ4n) is 0.746. The van der Waals surface area contributed by atoms with Crippen molar-refractivity contribution in [3.8, 4) is 0 Å². The molecular formula is C9H19ClO4S. The normalized spacial score (nSPS) is 14.5. The molecule has 4 nitrogen and oxygen atoms in total. The largest absolute Gasteiger partial charge is 0.378 e. The van der Waals surface area contributed by atoms with E-state index in [2.05, 4.69) is 13.8 Å². The third-order valence-corrected chi connectivity index (χ3v) is 3.14. The smallest absolute Gasteiger partial charge is 0.234 e. The van der Waals surface area contributed by atoms with Crippen molar-refractivity contribution in [1.82, 2.24) is 0 Å². The van der Waals surface area contributed by atoms with E-state index in [1.807, 2.05) is 6.92 Å². The number of hydrogen-bond donors (Lipinski definition) is 0. The molecular weight excluding hydrogens is 240 g/mol. The zero-order valence-corrected chi connectivity index (χ0v) is 11.0. The first-order chi connectivity index (χ1) is 6.83. The van der Waals surface area contributed by atoms with Gasteiger partial charge in [-0.25, -0.2) is 8.42 Å². The summed E-state index contributed by atoms with van der Waals surface area (Å²) in [6.45, 7) is 7.13. The van der Waals surface area contributed by atoms with Gasteiger partial charge in [-0.15, -0.1) is 0 Å². The minimum atomic E-state index is -3.43. The average molecular weight is 259 g/mol. The minimum absolute atomic E-state index is 0.116. The highest BCUT2D eigenvalue weighted by Gasteiger charge is 2.07. The summed E-state index contributed by atoms with van der Waals surface area (Å²) in [6.07, 6.45) is 0.186. The molecule has 0 aliphatic rings. The molecule has 0 aromatic heterocycles. The molecule has 6 heteroatoms. The molecule has 0 spiro atoms. The molecule has 0 aliphatic carbocycles. The van der Waals surface area contributed by atoms with Gasteiger partial charge in [0, 0.05) is 10.7 Å². The topological polar surface area (TPSA) is 52.6 Å². The van der Waals surface area contributed by atoms with Crippen LogP contribution in [0.1, 0.15) is 20.8 Å². The summed E-state index contributed by atoms with van der Waals surface area (Å²) in [6, 6.07) is 0. The van der Waals surface area contributed by atoms with E-state index in [-0.39, 0.29) is 18.5 Å². The number of halogens is 1. The van der Waals surface area contributed by atoms with E-state index >= 15 is 0 Å². The van der Waals surface area contributed by atoms with Gasteiger partial charge in [0.15, 0.2) is 0 Å². The Morgan fingerprint density at radius 2 is 1.73 bits per heavy atom. The Labute approximate surface area is 96.3 Å². The van der Waals surface area contributed by atoms with Gasteiger partial charge in [-0.3, -0.25) is 0 Å². The second-order valence-corrected chi connectivity index (χ2v) is 6.57. The fraction of sp³-hybridized carbons (Fsp3) is 1.00. The molecule has 0 aliphatic heterocycles. The number of ether oxygens (including phenoxy) is 2. The van der Waals surface area contributed by atoms with E-state index in [4.69, 9.17) is 20.2 Å². The number of hydrogen-bond acceptors (Lipinski definition) is 4. The number of rotatable bonds is 8. The van der Waals surface area contributed by atoms with Gasteiger partial charge >= 0.3 is 0 Å². The average Bonchev–Trinajstić information content (AvgIpc) is 2.08. The van der Waals surface area contributed by atoms with Crippen molar-refractivity contribution in [2.24, 2.45) is 5.92 Å². The standard InChI is InChI=1S/C9H19ClO4S/c1-8(2)9(3)14-5-4-13-6-7-15(10,11)12/h8-9H,4-7H2,1-3H3. The lowest BCUT2D eigenvalue weighted by atomic mass is 10.1. The molecule has 0 fully saturated rings. The maximum Gasteiger partial charge on any atom is 0.234 e. The molecule has 0 rings (SSSR count). The molecule has 0 aromatic rings. The van der Waals surface area contributed by atoms with Gasteiger partial charge in [-0.2, -0.15) is 0 Å². The highest BCUT2D eigenvalue weighted by molar-refractivity contribution is 8.13. The maximum atomic E-state index is 10.5. The van der Waals surface area contributed by atoms with Gasteiger partial charge in [0.05, 0.1) is 31.7 Å². The second kappa shape index (κ2) is 7.44. The van der Waals surface area contributed by atoms with Gasteiger partial charge in [-0.05, 0) is 12.8 Å². The molecule has 92 valence electrons. The van der Waals surface area contributed by atoms with Crippen molar-refractivity contribution in [1.29, 1.82) is 0 Å². The maximum absolute atomic E-state index is 10.5. The third kappa shape index (κ3) is 10.4. The van der Waals surface area contributed by atoms with Crippen molar-refractivity contribution in [2.45, 2.75) is 26.9 Å². The van der Waals surface area contributed by atoms with Gasteiger partial charge in [-0.1, -0.05) is 13.8 Å². The Balaban J connectivity index is 3.33. The Bertz CT molecular complexity index is 251. The fourth-order valence-corrected chi connectivity index (χ4v) is 1.25. The van der Waals surface area contributed by atoms with Gasteiger partial charge in [0.2, 0.25) is 9.05 Å². The first kappa shape index (κ1) is 15.2. The summed E-state index contributed by atoms with van der Waals surface area (Å²) in [5.74, 6) is 0.308. The van der Waals surface area contributed by atoms with Gasteiger partial charge in [0.1, 0.15) is 0 Å². The molecule has 1 atom stereocenters. The summed E-state index contributed by atoms with van der Waals surface area (Å²) < 4.78 is 31.5. The Hall–Kier alpha value is 0.160. The molecule has 1 unspecified atom stereocenters. The lowest BCUT2D eigenvalue weighted by Gasteiger charge is -2.16. The van der Waals surface area contributed by atoms with Crippen LogP contribution in [0.4, 0.5) is 0 Å². The molecule has 0 saturated carbocycles. The van der Waals surface area contributed by atoms with Crippen LogP contribution < -0.4 is 0 Å². The summed E-state index contributed by atoms with van der Waals surface area (Å²) in [5.41, 5.74) is 0. The van der Waals surface area contributed by atoms with Gasteiger partial charge < -0.3 is 9.47 Å². The highest BCUT2D eigenvalue weighted by atomic mass is 35.7. The van der Waals surface area contributed by atoms with E-state index in [0.29, 0.717) is 19.1 Å². The second-order valence-electron chi connectivity index (χ2n) is 3.68. The van der Waals surface area contributed by atoms with Crippen LogP contribution in [0.2, 0.25) is 0 Å². The summed E-state index contributed by atoms with van der Waals surface area (Å²) >= 11 is 0. The first-order valence-electron chi connectivity index (χ1n) is 4.94. The third-order valence-electron chi connectivity index (χ3n) is 2.02. The quantitative estimate of drug-likeness (QED) is 0.491. The van der Waals surface area contributed by atoms with Crippen molar-refractivity contribution < 1.29 is 17.9 Å². The van der Waals surface area contributed by atoms with Crippen LogP contribution in [-0.2, 0) is 18.5 Å². The van der Waals surface area contributed by atoms with E-state index in [1.165, 1.54) is 0 Å². The van der Waals surface area contributed by atoms with E-state index < -0.39 is 9.05 Å². The molecule has 0 radical (unpaired) electrons. The van der Waals surface area contributed by atoms with Crippen LogP contribution in [0.3, 0.4) is 0 Å². The van der Waals surface area contributed by atoms with Crippen LogP contribution in [0.15, 0.2) is 0 Å². The monoisotopic (exact) mass is 258 g/mol. The summed E-state index contributed by atoms with van der Waals surface area (Å²) in [7, 11) is 1.56. The predicted molar refractivity (Wildman–Crippen MR) is 60.7 cm³/mol. The Morgan fingerprint density at radius 3 is 2.20 bits per heavy atom. The van der Waals surface area contributed by atoms with E-state index in [0.717, 1.165) is 0 Å². The van der Waals surface area contributed by atoms with E-state index in [9.17, 15) is 8.42 Å². The molecule has 0 aromatic carbocycles. The summed E-state index contributed by atoms with van der Waals surface area (Å²) in [5, 5.41) is 0. The summed E-state index contributed by atoms with van der Waals surface area (Å²) in [4.78, 5) is 0. The molecule has 0 bridgehead atoms. The van der Waals surface area contributed by atoms with Crippen LogP contribution >= 0.6 is 10.7 Å². The Morgan fingerprint density at radius 1 is 1.13 bits per heavy atom. The predicted octanol–water partition coefficient (Wildman–Crippen LogP) is 1.63. The highest BCUT2D eigenvalue weighted by Crippen LogP contribution is 2.04. The van der Waals surface area contributed by atoms with Crippen LogP contribution in [0.25, 0.3) is 0 Å². The van der Waals surface area contributed by atoms with Crippen molar-refractivity contribution in [3.63, 3.8) is 0 Å². The van der Waals surface area contributed by atoms with Gasteiger partial charge in [0.25, 0.3) is 0 Å². The lowest BCUT2D eigenvalue weighted by molar-refractivity contribution is -0.00320. The minimum Gasteiger partial charge on any atom is -0.378 e.